The molecule has 0 saturated heterocycles. The molecule has 0 aliphatic rings. The molecule has 0 atom stereocenters. The molecule has 0 spiro atoms. The summed E-state index contributed by atoms with van der Waals surface area (Å²) >= 11 is 0. The van der Waals surface area contributed by atoms with Crippen LogP contribution in [0.4, 0.5) is 5.69 Å². The van der Waals surface area contributed by atoms with Crippen LogP contribution in [0.3, 0.4) is 0 Å². The zero-order valence-corrected chi connectivity index (χ0v) is 7.91. The van der Waals surface area contributed by atoms with E-state index in [4.69, 9.17) is 15.1 Å². The maximum Gasteiger partial charge on any atom is 0.341 e. The minimum atomic E-state index is -1.19. The van der Waals surface area contributed by atoms with Crippen molar-refractivity contribution in [2.45, 2.75) is 0 Å². The van der Waals surface area contributed by atoms with Crippen LogP contribution in [0.25, 0.3) is 0 Å². The van der Waals surface area contributed by atoms with Gasteiger partial charge in [0.05, 0.1) is 4.92 Å². The molecule has 0 fully saturated rings. The minimum absolute atomic E-state index is 0.00972. The summed E-state index contributed by atoms with van der Waals surface area (Å²) in [5, 5.41) is 27.5. The first-order chi connectivity index (χ1) is 7.54. The molecule has 0 unspecified atom stereocenters. The third kappa shape index (κ3) is 2.68. The molecule has 0 bridgehead atoms. The number of carbonyl (C=O) groups is 1. The van der Waals surface area contributed by atoms with Gasteiger partial charge >= 0.3 is 5.97 Å². The molecule has 1 aromatic rings. The van der Waals surface area contributed by atoms with Crippen molar-refractivity contribution in [1.29, 1.82) is 5.26 Å². The van der Waals surface area contributed by atoms with Gasteiger partial charge in [0.25, 0.3) is 5.69 Å². The average molecular weight is 222 g/mol. The van der Waals surface area contributed by atoms with Crippen molar-refractivity contribution >= 4 is 11.7 Å². The second kappa shape index (κ2) is 4.75. The van der Waals surface area contributed by atoms with Gasteiger partial charge in [-0.3, -0.25) is 10.1 Å². The van der Waals surface area contributed by atoms with Gasteiger partial charge in [0.1, 0.15) is 17.4 Å². The van der Waals surface area contributed by atoms with Crippen molar-refractivity contribution in [3.63, 3.8) is 0 Å². The first kappa shape index (κ1) is 11.5. The van der Waals surface area contributed by atoms with Crippen molar-refractivity contribution in [2.75, 3.05) is 6.61 Å². The zero-order chi connectivity index (χ0) is 12.1. The van der Waals surface area contributed by atoms with Crippen LogP contribution >= 0.6 is 0 Å². The van der Waals surface area contributed by atoms with E-state index in [0.717, 1.165) is 12.1 Å². The van der Waals surface area contributed by atoms with Crippen LogP contribution in [0.5, 0.6) is 5.75 Å². The molecule has 0 amide bonds. The highest BCUT2D eigenvalue weighted by atomic mass is 16.6. The van der Waals surface area contributed by atoms with Crippen molar-refractivity contribution in [3.8, 4) is 11.8 Å². The number of carboxylic acids is 1. The number of nitro benzene ring substituents is 1. The van der Waals surface area contributed by atoms with Gasteiger partial charge in [-0.1, -0.05) is 0 Å². The summed E-state index contributed by atoms with van der Waals surface area (Å²) in [5.74, 6) is -1.18. The molecule has 7 heteroatoms. The van der Waals surface area contributed by atoms with Gasteiger partial charge in [-0.05, 0) is 6.07 Å². The van der Waals surface area contributed by atoms with Gasteiger partial charge in [0.15, 0.2) is 6.61 Å². The number of aliphatic carboxylic acids is 1. The lowest BCUT2D eigenvalue weighted by Gasteiger charge is -2.04. The molecule has 16 heavy (non-hydrogen) atoms. The van der Waals surface area contributed by atoms with Crippen LogP contribution < -0.4 is 4.74 Å². The number of nitrogens with zero attached hydrogens (tertiary/aromatic N) is 2. The zero-order valence-electron chi connectivity index (χ0n) is 7.91. The lowest BCUT2D eigenvalue weighted by atomic mass is 10.2. The lowest BCUT2D eigenvalue weighted by Crippen LogP contribution is -2.10. The second-order valence-electron chi connectivity index (χ2n) is 2.73. The third-order valence-corrected chi connectivity index (χ3v) is 1.65. The number of non-ortho nitro benzene ring substituents is 1. The molecule has 1 rings (SSSR count). The standard InChI is InChI=1S/C9H6N2O5/c10-4-6-3-7(11(14)15)1-2-8(6)16-5-9(12)13/h1-3H,5H2,(H,12,13). The maximum atomic E-state index is 10.4. The Morgan fingerprint density at radius 1 is 1.62 bits per heavy atom. The molecule has 7 nitrogen and oxygen atoms in total. The summed E-state index contributed by atoms with van der Waals surface area (Å²) in [5.41, 5.74) is -0.324. The molecule has 0 aliphatic heterocycles. The summed E-state index contributed by atoms with van der Waals surface area (Å²) in [4.78, 5) is 20.0. The molecule has 82 valence electrons. The van der Waals surface area contributed by atoms with Crippen LogP contribution in [0.1, 0.15) is 5.56 Å². The number of hydrogen-bond acceptors (Lipinski definition) is 5. The normalized spacial score (nSPS) is 9.19. The highest BCUT2D eigenvalue weighted by Gasteiger charge is 2.12. The molecule has 0 aromatic heterocycles. The van der Waals surface area contributed by atoms with Gasteiger partial charge in [-0.2, -0.15) is 5.26 Å². The molecule has 0 aliphatic carbocycles. The van der Waals surface area contributed by atoms with E-state index >= 15 is 0 Å². The number of carboxylic acid groups (broad SMARTS) is 1. The molecular weight excluding hydrogens is 216 g/mol. The van der Waals surface area contributed by atoms with Crippen molar-refractivity contribution in [2.24, 2.45) is 0 Å². The Hall–Kier alpha value is -2.62. The van der Waals surface area contributed by atoms with Crippen LogP contribution in [0.2, 0.25) is 0 Å². The fraction of sp³-hybridized carbons (Fsp3) is 0.111. The lowest BCUT2D eigenvalue weighted by molar-refractivity contribution is -0.384. The fourth-order valence-corrected chi connectivity index (χ4v) is 0.984. The van der Waals surface area contributed by atoms with Crippen molar-refractivity contribution in [3.05, 3.63) is 33.9 Å². The topological polar surface area (TPSA) is 113 Å². The van der Waals surface area contributed by atoms with E-state index in [1.165, 1.54) is 6.07 Å². The van der Waals surface area contributed by atoms with Crippen LogP contribution in [0.15, 0.2) is 18.2 Å². The Labute approximate surface area is 89.6 Å². The van der Waals surface area contributed by atoms with E-state index in [1.807, 2.05) is 0 Å². The number of benzene rings is 1. The van der Waals surface area contributed by atoms with Gasteiger partial charge in [0, 0.05) is 12.1 Å². The van der Waals surface area contributed by atoms with Gasteiger partial charge in [0.2, 0.25) is 0 Å². The summed E-state index contributed by atoms with van der Waals surface area (Å²) in [6, 6.07) is 5.05. The van der Waals surface area contributed by atoms with Crippen LogP contribution in [-0.2, 0) is 4.79 Å². The van der Waals surface area contributed by atoms with Crippen LogP contribution in [-0.4, -0.2) is 22.6 Å². The minimum Gasteiger partial charge on any atom is -0.481 e. The summed E-state index contributed by atoms with van der Waals surface area (Å²) in [7, 11) is 0. The van der Waals surface area contributed by atoms with E-state index in [0.29, 0.717) is 0 Å². The van der Waals surface area contributed by atoms with Gasteiger partial charge in [-0.25, -0.2) is 4.79 Å². The molecule has 1 N–H and O–H groups in total. The quantitative estimate of drug-likeness (QED) is 0.598. The SMILES string of the molecule is N#Cc1cc([N+](=O)[O-])ccc1OCC(=O)O. The summed E-state index contributed by atoms with van der Waals surface area (Å²) in [6.07, 6.45) is 0. The van der Waals surface area contributed by atoms with E-state index < -0.39 is 17.5 Å². The first-order valence-corrected chi connectivity index (χ1v) is 4.07. The van der Waals surface area contributed by atoms with Gasteiger partial charge < -0.3 is 9.84 Å². The van der Waals surface area contributed by atoms with E-state index in [9.17, 15) is 14.9 Å². The largest absolute Gasteiger partial charge is 0.481 e. The summed E-state index contributed by atoms with van der Waals surface area (Å²) in [6.45, 7) is -0.605. The van der Waals surface area contributed by atoms with Crippen LogP contribution in [0, 0.1) is 21.4 Å². The number of hydrogen-bond donors (Lipinski definition) is 1. The monoisotopic (exact) mass is 222 g/mol. The van der Waals surface area contributed by atoms with Crippen molar-refractivity contribution < 1.29 is 19.6 Å². The molecule has 1 aromatic carbocycles. The predicted octanol–water partition coefficient (Wildman–Crippen LogP) is 0.930. The van der Waals surface area contributed by atoms with E-state index in [1.54, 1.807) is 6.07 Å². The number of ether oxygens (including phenoxy) is 1. The number of rotatable bonds is 4. The molecule has 0 saturated carbocycles. The predicted molar refractivity (Wildman–Crippen MR) is 50.9 cm³/mol. The smallest absolute Gasteiger partial charge is 0.341 e. The number of nitriles is 1. The average Bonchev–Trinajstić information content (AvgIpc) is 2.25. The molecule has 0 heterocycles. The van der Waals surface area contributed by atoms with E-state index in [-0.39, 0.29) is 17.0 Å². The van der Waals surface area contributed by atoms with Gasteiger partial charge in [-0.15, -0.1) is 0 Å². The maximum absolute atomic E-state index is 10.4. The summed E-state index contributed by atoms with van der Waals surface area (Å²) < 4.78 is 4.78. The second-order valence-corrected chi connectivity index (χ2v) is 2.73. The Balaban J connectivity index is 2.99. The Bertz CT molecular complexity index is 477. The number of nitro groups is 1. The highest BCUT2D eigenvalue weighted by molar-refractivity contribution is 5.68. The molecular formula is C9H6N2O5. The van der Waals surface area contributed by atoms with E-state index in [2.05, 4.69) is 0 Å². The fourth-order valence-electron chi connectivity index (χ4n) is 0.984. The first-order valence-electron chi connectivity index (χ1n) is 4.07. The Kier molecular flexibility index (Phi) is 3.40. The molecule has 0 radical (unpaired) electrons. The highest BCUT2D eigenvalue weighted by Crippen LogP contribution is 2.23. The van der Waals surface area contributed by atoms with Crippen molar-refractivity contribution in [1.82, 2.24) is 0 Å². The Morgan fingerprint density at radius 3 is 2.81 bits per heavy atom. The Morgan fingerprint density at radius 2 is 2.31 bits per heavy atom. The third-order valence-electron chi connectivity index (χ3n) is 1.65.